The van der Waals surface area contributed by atoms with Crippen LogP contribution in [0.15, 0.2) is 16.6 Å². The third-order valence-corrected chi connectivity index (χ3v) is 3.97. The standard InChI is InChI=1S/C14H17BrF2N2O/c1-8(18)4-10(16)7-19-3-2-9-5-12(15)13(17)6-11(9)14(19)20/h5-6,8,10H,2-4,7,18H2,1H3/t8-,10+/m0/s1. The molecule has 1 aromatic carbocycles. The van der Waals surface area contributed by atoms with E-state index in [-0.39, 0.29) is 24.9 Å². The van der Waals surface area contributed by atoms with E-state index in [0.29, 0.717) is 23.0 Å². The van der Waals surface area contributed by atoms with Crippen molar-refractivity contribution in [3.05, 3.63) is 33.5 Å². The van der Waals surface area contributed by atoms with Gasteiger partial charge in [-0.05, 0) is 53.4 Å². The van der Waals surface area contributed by atoms with Crippen molar-refractivity contribution in [3.8, 4) is 0 Å². The van der Waals surface area contributed by atoms with Crippen LogP contribution < -0.4 is 5.73 Å². The van der Waals surface area contributed by atoms with Gasteiger partial charge in [0.15, 0.2) is 0 Å². The largest absolute Gasteiger partial charge is 0.335 e. The Balaban J connectivity index is 2.13. The summed E-state index contributed by atoms with van der Waals surface area (Å²) in [6, 6.07) is 2.59. The first kappa shape index (κ1) is 15.4. The number of hydrogen-bond donors (Lipinski definition) is 1. The molecule has 2 rings (SSSR count). The molecule has 110 valence electrons. The molecular formula is C14H17BrF2N2O. The Morgan fingerprint density at radius 1 is 1.50 bits per heavy atom. The van der Waals surface area contributed by atoms with Gasteiger partial charge >= 0.3 is 0 Å². The van der Waals surface area contributed by atoms with Crippen molar-refractivity contribution >= 4 is 21.8 Å². The Bertz CT molecular complexity index is 522. The van der Waals surface area contributed by atoms with Crippen LogP contribution >= 0.6 is 15.9 Å². The number of nitrogens with two attached hydrogens (primary N) is 1. The fourth-order valence-electron chi connectivity index (χ4n) is 2.41. The van der Waals surface area contributed by atoms with E-state index in [4.69, 9.17) is 5.73 Å². The minimum absolute atomic E-state index is 0.0114. The zero-order chi connectivity index (χ0) is 14.9. The number of hydrogen-bond acceptors (Lipinski definition) is 2. The molecule has 1 amide bonds. The summed E-state index contributed by atoms with van der Waals surface area (Å²) in [5, 5.41) is 0. The molecule has 1 aromatic rings. The smallest absolute Gasteiger partial charge is 0.254 e. The highest BCUT2D eigenvalue weighted by Crippen LogP contribution is 2.26. The molecule has 6 heteroatoms. The third kappa shape index (κ3) is 3.35. The second-order valence-corrected chi connectivity index (χ2v) is 6.09. The number of fused-ring (bicyclic) bond motifs is 1. The monoisotopic (exact) mass is 346 g/mol. The summed E-state index contributed by atoms with van der Waals surface area (Å²) in [6.07, 6.45) is -0.336. The van der Waals surface area contributed by atoms with E-state index < -0.39 is 12.0 Å². The topological polar surface area (TPSA) is 46.3 Å². The van der Waals surface area contributed by atoms with Crippen molar-refractivity contribution in [1.29, 1.82) is 0 Å². The van der Waals surface area contributed by atoms with Crippen LogP contribution in [0.2, 0.25) is 0 Å². The summed E-state index contributed by atoms with van der Waals surface area (Å²) >= 11 is 3.10. The molecule has 0 bridgehead atoms. The van der Waals surface area contributed by atoms with E-state index in [1.807, 2.05) is 0 Å². The SMILES string of the molecule is C[C@H](N)C[C@@H](F)CN1CCc2cc(Br)c(F)cc2C1=O. The van der Waals surface area contributed by atoms with Gasteiger partial charge in [-0.2, -0.15) is 0 Å². The van der Waals surface area contributed by atoms with Crippen molar-refractivity contribution in [2.45, 2.75) is 32.0 Å². The predicted molar refractivity (Wildman–Crippen MR) is 76.9 cm³/mol. The summed E-state index contributed by atoms with van der Waals surface area (Å²) in [6.45, 7) is 2.19. The summed E-state index contributed by atoms with van der Waals surface area (Å²) in [5.41, 5.74) is 6.67. The quantitative estimate of drug-likeness (QED) is 0.910. The third-order valence-electron chi connectivity index (χ3n) is 3.36. The zero-order valence-electron chi connectivity index (χ0n) is 11.2. The van der Waals surface area contributed by atoms with E-state index in [2.05, 4.69) is 15.9 Å². The Morgan fingerprint density at radius 3 is 2.85 bits per heavy atom. The average Bonchev–Trinajstić information content (AvgIpc) is 2.34. The molecule has 0 aromatic heterocycles. The van der Waals surface area contributed by atoms with E-state index >= 15 is 0 Å². The molecule has 0 saturated carbocycles. The highest BCUT2D eigenvalue weighted by molar-refractivity contribution is 9.10. The molecule has 0 fully saturated rings. The van der Waals surface area contributed by atoms with Crippen LogP contribution in [-0.2, 0) is 6.42 Å². The molecule has 1 aliphatic rings. The molecule has 3 nitrogen and oxygen atoms in total. The van der Waals surface area contributed by atoms with Crippen LogP contribution in [0.3, 0.4) is 0 Å². The Kier molecular flexibility index (Phi) is 4.75. The normalized spacial score (nSPS) is 17.9. The zero-order valence-corrected chi connectivity index (χ0v) is 12.8. The summed E-state index contributed by atoms with van der Waals surface area (Å²) < 4.78 is 27.7. The highest BCUT2D eigenvalue weighted by atomic mass is 79.9. The van der Waals surface area contributed by atoms with Crippen LogP contribution in [0.25, 0.3) is 0 Å². The molecule has 0 radical (unpaired) electrons. The molecule has 2 atom stereocenters. The van der Waals surface area contributed by atoms with Crippen LogP contribution in [0.1, 0.15) is 29.3 Å². The Labute approximate surface area is 125 Å². The van der Waals surface area contributed by atoms with E-state index in [1.165, 1.54) is 11.0 Å². The number of rotatable bonds is 4. The Morgan fingerprint density at radius 2 is 2.20 bits per heavy atom. The summed E-state index contributed by atoms with van der Waals surface area (Å²) in [7, 11) is 0. The molecule has 0 saturated heterocycles. The lowest BCUT2D eigenvalue weighted by Crippen LogP contribution is -2.42. The second kappa shape index (κ2) is 6.18. The fourth-order valence-corrected chi connectivity index (χ4v) is 2.80. The molecule has 1 aliphatic heterocycles. The van der Waals surface area contributed by atoms with Crippen LogP contribution in [-0.4, -0.2) is 36.1 Å². The summed E-state index contributed by atoms with van der Waals surface area (Å²) in [4.78, 5) is 13.7. The number of benzene rings is 1. The summed E-state index contributed by atoms with van der Waals surface area (Å²) in [5.74, 6) is -0.795. The number of alkyl halides is 1. The first-order valence-electron chi connectivity index (χ1n) is 6.55. The average molecular weight is 347 g/mol. The maximum Gasteiger partial charge on any atom is 0.254 e. The second-order valence-electron chi connectivity index (χ2n) is 5.23. The van der Waals surface area contributed by atoms with Crippen molar-refractivity contribution in [1.82, 2.24) is 4.90 Å². The maximum absolute atomic E-state index is 13.8. The van der Waals surface area contributed by atoms with Gasteiger partial charge in [0.05, 0.1) is 11.0 Å². The number of amides is 1. The maximum atomic E-state index is 13.8. The number of carbonyl (C=O) groups is 1. The number of halogens is 3. The minimum Gasteiger partial charge on any atom is -0.335 e. The van der Waals surface area contributed by atoms with Gasteiger partial charge in [-0.1, -0.05) is 0 Å². The van der Waals surface area contributed by atoms with Crippen molar-refractivity contribution < 1.29 is 13.6 Å². The van der Waals surface area contributed by atoms with Gasteiger partial charge in [0.1, 0.15) is 12.0 Å². The minimum atomic E-state index is -1.15. The van der Waals surface area contributed by atoms with Crippen molar-refractivity contribution in [2.24, 2.45) is 5.73 Å². The fraction of sp³-hybridized carbons (Fsp3) is 0.500. The van der Waals surface area contributed by atoms with Gasteiger partial charge in [0.2, 0.25) is 0 Å². The molecular weight excluding hydrogens is 330 g/mol. The van der Waals surface area contributed by atoms with Gasteiger partial charge in [-0.25, -0.2) is 8.78 Å². The van der Waals surface area contributed by atoms with Gasteiger partial charge in [0.25, 0.3) is 5.91 Å². The first-order valence-corrected chi connectivity index (χ1v) is 7.34. The first-order chi connectivity index (χ1) is 9.38. The number of nitrogens with zero attached hydrogens (tertiary/aromatic N) is 1. The van der Waals surface area contributed by atoms with Crippen LogP contribution in [0.4, 0.5) is 8.78 Å². The van der Waals surface area contributed by atoms with Gasteiger partial charge in [-0.15, -0.1) is 0 Å². The van der Waals surface area contributed by atoms with Gasteiger partial charge in [-0.3, -0.25) is 4.79 Å². The van der Waals surface area contributed by atoms with Gasteiger partial charge in [0, 0.05) is 18.2 Å². The molecule has 0 spiro atoms. The highest BCUT2D eigenvalue weighted by Gasteiger charge is 2.27. The number of carbonyl (C=O) groups excluding carboxylic acids is 1. The lowest BCUT2D eigenvalue weighted by molar-refractivity contribution is 0.0682. The predicted octanol–water partition coefficient (Wildman–Crippen LogP) is 2.66. The molecule has 1 heterocycles. The Hall–Kier alpha value is -1.01. The van der Waals surface area contributed by atoms with Crippen LogP contribution in [0, 0.1) is 5.82 Å². The van der Waals surface area contributed by atoms with E-state index in [9.17, 15) is 13.6 Å². The van der Waals surface area contributed by atoms with Crippen molar-refractivity contribution in [2.75, 3.05) is 13.1 Å². The van der Waals surface area contributed by atoms with E-state index in [1.54, 1.807) is 13.0 Å². The lowest BCUT2D eigenvalue weighted by Gasteiger charge is -2.30. The van der Waals surface area contributed by atoms with E-state index in [0.717, 1.165) is 5.56 Å². The molecule has 2 N–H and O–H groups in total. The molecule has 0 aliphatic carbocycles. The van der Waals surface area contributed by atoms with Gasteiger partial charge < -0.3 is 10.6 Å². The lowest BCUT2D eigenvalue weighted by atomic mass is 9.98. The van der Waals surface area contributed by atoms with Crippen LogP contribution in [0.5, 0.6) is 0 Å². The van der Waals surface area contributed by atoms with Crippen molar-refractivity contribution in [3.63, 3.8) is 0 Å². The molecule has 0 unspecified atom stereocenters. The molecule has 20 heavy (non-hydrogen) atoms.